The molecule has 1 aromatic heterocycles. The lowest BCUT2D eigenvalue weighted by Crippen LogP contribution is -2.48. The van der Waals surface area contributed by atoms with Crippen molar-refractivity contribution in [2.45, 2.75) is 26.2 Å². The van der Waals surface area contributed by atoms with E-state index in [2.05, 4.69) is 22.2 Å². The summed E-state index contributed by atoms with van der Waals surface area (Å²) < 4.78 is 0. The largest absolute Gasteiger partial charge is 0.370 e. The monoisotopic (exact) mass is 305 g/mol. The molecule has 2 rings (SSSR count). The molecular weight excluding hydrogens is 282 g/mol. The zero-order valence-electron chi connectivity index (χ0n) is 13.0. The van der Waals surface area contributed by atoms with Gasteiger partial charge in [0.2, 0.25) is 6.41 Å². The number of hydrogen-bond acceptors (Lipinski definition) is 5. The summed E-state index contributed by atoms with van der Waals surface area (Å²) >= 11 is 0. The van der Waals surface area contributed by atoms with Crippen LogP contribution >= 0.6 is 0 Å². The zero-order chi connectivity index (χ0) is 15.8. The summed E-state index contributed by atoms with van der Waals surface area (Å²) in [6.45, 7) is 5.23. The second-order valence-electron chi connectivity index (χ2n) is 5.36. The summed E-state index contributed by atoms with van der Waals surface area (Å²) in [6, 6.07) is 1.69. The highest BCUT2D eigenvalue weighted by atomic mass is 16.2. The van der Waals surface area contributed by atoms with E-state index in [0.717, 1.165) is 19.4 Å². The molecule has 1 N–H and O–H groups in total. The quantitative estimate of drug-likeness (QED) is 0.600. The van der Waals surface area contributed by atoms with Gasteiger partial charge in [0.05, 0.1) is 0 Å². The van der Waals surface area contributed by atoms with Crippen LogP contribution in [0.15, 0.2) is 12.4 Å². The molecule has 0 unspecified atom stereocenters. The summed E-state index contributed by atoms with van der Waals surface area (Å²) in [5, 5.41) is 3.22. The lowest BCUT2D eigenvalue weighted by Gasteiger charge is -2.32. The Morgan fingerprint density at radius 2 is 2.05 bits per heavy atom. The molecule has 1 fully saturated rings. The van der Waals surface area contributed by atoms with E-state index >= 15 is 0 Å². The van der Waals surface area contributed by atoms with Gasteiger partial charge in [0, 0.05) is 38.8 Å². The number of amides is 2. The minimum absolute atomic E-state index is 0.107. The predicted octanol–water partition coefficient (Wildman–Crippen LogP) is 0.993. The number of carbonyl (C=O) groups excluding carboxylic acids is 2. The minimum atomic E-state index is -0.107. The highest BCUT2D eigenvalue weighted by Crippen LogP contribution is 2.09. The van der Waals surface area contributed by atoms with Gasteiger partial charge in [-0.2, -0.15) is 0 Å². The van der Waals surface area contributed by atoms with Crippen molar-refractivity contribution in [3.8, 4) is 0 Å². The topological polar surface area (TPSA) is 78.4 Å². The van der Waals surface area contributed by atoms with Gasteiger partial charge >= 0.3 is 0 Å². The average molecular weight is 305 g/mol. The first kappa shape index (κ1) is 16.2. The first-order chi connectivity index (χ1) is 10.7. The van der Waals surface area contributed by atoms with Crippen molar-refractivity contribution < 1.29 is 9.59 Å². The van der Waals surface area contributed by atoms with Gasteiger partial charge in [-0.1, -0.05) is 19.8 Å². The van der Waals surface area contributed by atoms with Crippen molar-refractivity contribution in [1.29, 1.82) is 0 Å². The minimum Gasteiger partial charge on any atom is -0.370 e. The van der Waals surface area contributed by atoms with Crippen LogP contribution in [-0.2, 0) is 4.79 Å². The molecule has 0 aromatic carbocycles. The van der Waals surface area contributed by atoms with Crippen LogP contribution < -0.4 is 5.32 Å². The summed E-state index contributed by atoms with van der Waals surface area (Å²) in [6.07, 6.45) is 5.66. The SMILES string of the molecule is CCCCCNc1cc(C(=O)N2CCN(C=O)CC2)ncn1. The Morgan fingerprint density at radius 3 is 2.73 bits per heavy atom. The molecule has 2 amide bonds. The Balaban J connectivity index is 1.91. The molecule has 0 atom stereocenters. The molecule has 1 aliphatic heterocycles. The molecule has 1 saturated heterocycles. The Labute approximate surface area is 130 Å². The van der Waals surface area contributed by atoms with Crippen LogP contribution in [0.4, 0.5) is 5.82 Å². The van der Waals surface area contributed by atoms with E-state index in [-0.39, 0.29) is 5.91 Å². The summed E-state index contributed by atoms with van der Waals surface area (Å²) in [7, 11) is 0. The average Bonchev–Trinajstić information content (AvgIpc) is 2.58. The van der Waals surface area contributed by atoms with E-state index < -0.39 is 0 Å². The molecule has 0 spiro atoms. The number of carbonyl (C=O) groups is 2. The van der Waals surface area contributed by atoms with Gasteiger partial charge in [-0.25, -0.2) is 9.97 Å². The van der Waals surface area contributed by atoms with Gasteiger partial charge in [0.15, 0.2) is 0 Å². The van der Waals surface area contributed by atoms with E-state index in [9.17, 15) is 9.59 Å². The van der Waals surface area contributed by atoms with E-state index in [1.54, 1.807) is 15.9 Å². The first-order valence-corrected chi connectivity index (χ1v) is 7.79. The molecule has 7 nitrogen and oxygen atoms in total. The van der Waals surface area contributed by atoms with E-state index in [0.29, 0.717) is 37.7 Å². The standard InChI is InChI=1S/C15H23N5O2/c1-2-3-4-5-16-14-10-13(17-11-18-14)15(22)20-8-6-19(12-21)7-9-20/h10-12H,2-9H2,1H3,(H,16,17,18). The number of anilines is 1. The zero-order valence-corrected chi connectivity index (χ0v) is 13.0. The molecule has 22 heavy (non-hydrogen) atoms. The Hall–Kier alpha value is -2.18. The van der Waals surface area contributed by atoms with Crippen molar-refractivity contribution >= 4 is 18.1 Å². The molecule has 1 aromatic rings. The Kier molecular flexibility index (Phi) is 6.12. The molecule has 0 aliphatic carbocycles. The van der Waals surface area contributed by atoms with Gasteiger partial charge in [-0.15, -0.1) is 0 Å². The molecule has 0 bridgehead atoms. The molecule has 2 heterocycles. The maximum Gasteiger partial charge on any atom is 0.272 e. The van der Waals surface area contributed by atoms with Crippen molar-refractivity contribution in [1.82, 2.24) is 19.8 Å². The van der Waals surface area contributed by atoms with Crippen LogP contribution in [0.25, 0.3) is 0 Å². The third-order valence-corrected chi connectivity index (χ3v) is 3.72. The predicted molar refractivity (Wildman–Crippen MR) is 83.6 cm³/mol. The number of hydrogen-bond donors (Lipinski definition) is 1. The lowest BCUT2D eigenvalue weighted by molar-refractivity contribution is -0.119. The Bertz CT molecular complexity index is 500. The van der Waals surface area contributed by atoms with Crippen LogP contribution in [0.2, 0.25) is 0 Å². The fourth-order valence-corrected chi connectivity index (χ4v) is 2.35. The number of rotatable bonds is 7. The number of nitrogens with zero attached hydrogens (tertiary/aromatic N) is 4. The fourth-order valence-electron chi connectivity index (χ4n) is 2.35. The smallest absolute Gasteiger partial charge is 0.272 e. The highest BCUT2D eigenvalue weighted by Gasteiger charge is 2.22. The summed E-state index contributed by atoms with van der Waals surface area (Å²) in [5.41, 5.74) is 0.396. The van der Waals surface area contributed by atoms with Gasteiger partial charge in [-0.3, -0.25) is 9.59 Å². The van der Waals surface area contributed by atoms with Crippen LogP contribution in [0.3, 0.4) is 0 Å². The lowest BCUT2D eigenvalue weighted by atomic mass is 10.2. The molecule has 7 heteroatoms. The number of nitrogens with one attached hydrogen (secondary N) is 1. The van der Waals surface area contributed by atoms with Gasteiger partial charge in [0.1, 0.15) is 17.8 Å². The third-order valence-electron chi connectivity index (χ3n) is 3.72. The molecule has 0 saturated carbocycles. The van der Waals surface area contributed by atoms with Gasteiger partial charge in [0.25, 0.3) is 5.91 Å². The molecular formula is C15H23N5O2. The summed E-state index contributed by atoms with van der Waals surface area (Å²) in [5.74, 6) is 0.575. The van der Waals surface area contributed by atoms with Gasteiger partial charge in [-0.05, 0) is 6.42 Å². The van der Waals surface area contributed by atoms with Crippen molar-refractivity contribution in [3.05, 3.63) is 18.1 Å². The van der Waals surface area contributed by atoms with Crippen LogP contribution in [0.5, 0.6) is 0 Å². The number of unbranched alkanes of at least 4 members (excludes halogenated alkanes) is 2. The van der Waals surface area contributed by atoms with E-state index in [4.69, 9.17) is 0 Å². The normalized spacial score (nSPS) is 14.8. The van der Waals surface area contributed by atoms with Crippen molar-refractivity contribution in [2.75, 3.05) is 38.0 Å². The fraction of sp³-hybridized carbons (Fsp3) is 0.600. The Morgan fingerprint density at radius 1 is 1.27 bits per heavy atom. The van der Waals surface area contributed by atoms with Crippen molar-refractivity contribution in [3.63, 3.8) is 0 Å². The maximum absolute atomic E-state index is 12.4. The molecule has 0 radical (unpaired) electrons. The first-order valence-electron chi connectivity index (χ1n) is 7.79. The molecule has 1 aliphatic rings. The van der Waals surface area contributed by atoms with Crippen LogP contribution in [0.1, 0.15) is 36.7 Å². The summed E-state index contributed by atoms with van der Waals surface area (Å²) in [4.78, 5) is 34.7. The third kappa shape index (κ3) is 4.41. The maximum atomic E-state index is 12.4. The van der Waals surface area contributed by atoms with E-state index in [1.807, 2.05) is 0 Å². The van der Waals surface area contributed by atoms with Crippen LogP contribution in [0, 0.1) is 0 Å². The van der Waals surface area contributed by atoms with Gasteiger partial charge < -0.3 is 15.1 Å². The van der Waals surface area contributed by atoms with E-state index in [1.165, 1.54) is 19.2 Å². The second-order valence-corrected chi connectivity index (χ2v) is 5.36. The molecule has 120 valence electrons. The van der Waals surface area contributed by atoms with Crippen LogP contribution in [-0.4, -0.2) is 64.8 Å². The second kappa shape index (κ2) is 8.31. The number of piperazine rings is 1. The van der Waals surface area contributed by atoms with Crippen molar-refractivity contribution in [2.24, 2.45) is 0 Å². The number of aromatic nitrogens is 2. The highest BCUT2D eigenvalue weighted by molar-refractivity contribution is 5.93.